The zero-order valence-electron chi connectivity index (χ0n) is 9.34. The fraction of sp³-hybridized carbons (Fsp3) is 0. The van der Waals surface area contributed by atoms with Gasteiger partial charge in [0.25, 0.3) is 5.91 Å². The van der Waals surface area contributed by atoms with Gasteiger partial charge in [0.05, 0.1) is 5.56 Å². The Morgan fingerprint density at radius 1 is 1.28 bits per heavy atom. The van der Waals surface area contributed by atoms with Crippen molar-refractivity contribution in [3.8, 4) is 12.3 Å². The molecule has 0 spiro atoms. The van der Waals surface area contributed by atoms with Crippen molar-refractivity contribution < 1.29 is 9.21 Å². The Balaban J connectivity index is 2.19. The van der Waals surface area contributed by atoms with E-state index in [0.29, 0.717) is 11.3 Å². The number of hydrogen-bond donors (Lipinski definition) is 1. The molecule has 88 valence electrons. The van der Waals surface area contributed by atoms with Crippen LogP contribution in [-0.2, 0) is 0 Å². The summed E-state index contributed by atoms with van der Waals surface area (Å²) in [6, 6.07) is 9.49. The Hall–Kier alpha value is -2.80. The molecule has 1 aromatic carbocycles. The molecule has 0 unspecified atom stereocenters. The van der Waals surface area contributed by atoms with E-state index >= 15 is 0 Å². The zero-order valence-corrected chi connectivity index (χ0v) is 9.34. The van der Waals surface area contributed by atoms with Gasteiger partial charge < -0.3 is 9.73 Å². The maximum atomic E-state index is 11.8. The Bertz CT molecular complexity index is 659. The monoisotopic (exact) mass is 239 g/mol. The van der Waals surface area contributed by atoms with E-state index in [1.807, 2.05) is 0 Å². The minimum Gasteiger partial charge on any atom is -0.430 e. The van der Waals surface area contributed by atoms with Crippen molar-refractivity contribution >= 4 is 11.6 Å². The largest absolute Gasteiger partial charge is 0.430 e. The highest BCUT2D eigenvalue weighted by Crippen LogP contribution is 2.11. The van der Waals surface area contributed by atoms with Gasteiger partial charge in [0.1, 0.15) is 6.26 Å². The highest BCUT2D eigenvalue weighted by atomic mass is 16.4. The molecule has 0 radical (unpaired) electrons. The van der Waals surface area contributed by atoms with Crippen molar-refractivity contribution in [3.63, 3.8) is 0 Å². The normalized spacial score (nSPS) is 9.50. The van der Waals surface area contributed by atoms with Gasteiger partial charge >= 0.3 is 5.63 Å². The average molecular weight is 239 g/mol. The second-order valence-corrected chi connectivity index (χ2v) is 3.52. The van der Waals surface area contributed by atoms with E-state index in [1.165, 1.54) is 12.1 Å². The standard InChI is InChI=1S/C14H9NO3/c1-2-10-4-3-5-12(8-10)15-14(17)11-6-7-13(16)18-9-11/h1,3-9H,(H,15,17). The van der Waals surface area contributed by atoms with Crippen molar-refractivity contribution in [1.82, 2.24) is 0 Å². The van der Waals surface area contributed by atoms with Gasteiger partial charge in [-0.05, 0) is 24.3 Å². The number of anilines is 1. The highest BCUT2D eigenvalue weighted by molar-refractivity contribution is 6.03. The van der Waals surface area contributed by atoms with Gasteiger partial charge in [0.2, 0.25) is 0 Å². The van der Waals surface area contributed by atoms with E-state index in [4.69, 9.17) is 6.42 Å². The number of benzene rings is 1. The fourth-order valence-corrected chi connectivity index (χ4v) is 1.38. The molecule has 0 aliphatic heterocycles. The maximum Gasteiger partial charge on any atom is 0.335 e. The van der Waals surface area contributed by atoms with Crippen LogP contribution in [0.15, 0.2) is 51.9 Å². The molecule has 4 nitrogen and oxygen atoms in total. The molecular formula is C14H9NO3. The number of carbonyl (C=O) groups excluding carboxylic acids is 1. The summed E-state index contributed by atoms with van der Waals surface area (Å²) in [7, 11) is 0. The van der Waals surface area contributed by atoms with Crippen LogP contribution in [0.3, 0.4) is 0 Å². The number of amides is 1. The number of nitrogens with one attached hydrogen (secondary N) is 1. The lowest BCUT2D eigenvalue weighted by molar-refractivity contribution is 0.102. The third-order valence-corrected chi connectivity index (χ3v) is 2.25. The summed E-state index contributed by atoms with van der Waals surface area (Å²) in [6.07, 6.45) is 6.38. The van der Waals surface area contributed by atoms with E-state index < -0.39 is 5.63 Å². The smallest absolute Gasteiger partial charge is 0.335 e. The molecule has 0 aliphatic carbocycles. The molecule has 1 amide bonds. The second kappa shape index (κ2) is 5.02. The molecule has 2 rings (SSSR count). The third kappa shape index (κ3) is 2.66. The van der Waals surface area contributed by atoms with Crippen LogP contribution in [0, 0.1) is 12.3 Å². The van der Waals surface area contributed by atoms with Crippen LogP contribution in [0.25, 0.3) is 0 Å². The lowest BCUT2D eigenvalue weighted by Crippen LogP contribution is -2.12. The van der Waals surface area contributed by atoms with Crippen molar-refractivity contribution in [2.75, 3.05) is 5.32 Å². The number of terminal acetylenes is 1. The predicted molar refractivity (Wildman–Crippen MR) is 67.3 cm³/mol. The van der Waals surface area contributed by atoms with Gasteiger partial charge in [0, 0.05) is 17.3 Å². The number of carbonyl (C=O) groups is 1. The van der Waals surface area contributed by atoms with Crippen LogP contribution < -0.4 is 10.9 Å². The van der Waals surface area contributed by atoms with Crippen molar-refractivity contribution in [1.29, 1.82) is 0 Å². The molecule has 18 heavy (non-hydrogen) atoms. The molecular weight excluding hydrogens is 230 g/mol. The van der Waals surface area contributed by atoms with Gasteiger partial charge in [-0.2, -0.15) is 0 Å². The Kier molecular flexibility index (Phi) is 3.26. The predicted octanol–water partition coefficient (Wildman–Crippen LogP) is 1.87. The van der Waals surface area contributed by atoms with Crippen molar-refractivity contribution in [2.24, 2.45) is 0 Å². The van der Waals surface area contributed by atoms with E-state index in [1.54, 1.807) is 24.3 Å². The zero-order chi connectivity index (χ0) is 13.0. The number of rotatable bonds is 2. The van der Waals surface area contributed by atoms with Gasteiger partial charge in [-0.15, -0.1) is 6.42 Å². The summed E-state index contributed by atoms with van der Waals surface area (Å²) in [6.45, 7) is 0. The molecule has 2 aromatic rings. The van der Waals surface area contributed by atoms with Crippen LogP contribution in [0.5, 0.6) is 0 Å². The molecule has 0 atom stereocenters. The molecule has 0 aliphatic rings. The highest BCUT2D eigenvalue weighted by Gasteiger charge is 2.06. The first-order valence-electron chi connectivity index (χ1n) is 5.16. The lowest BCUT2D eigenvalue weighted by Gasteiger charge is -2.04. The Labute approximate surface area is 103 Å². The summed E-state index contributed by atoms with van der Waals surface area (Å²) in [5.74, 6) is 2.11. The van der Waals surface area contributed by atoms with Crippen LogP contribution in [-0.4, -0.2) is 5.91 Å². The average Bonchev–Trinajstić information content (AvgIpc) is 2.39. The third-order valence-electron chi connectivity index (χ3n) is 2.25. The molecule has 0 fully saturated rings. The summed E-state index contributed by atoms with van der Waals surface area (Å²) in [5.41, 5.74) is 1.02. The van der Waals surface area contributed by atoms with Crippen LogP contribution in [0.4, 0.5) is 5.69 Å². The van der Waals surface area contributed by atoms with Crippen LogP contribution >= 0.6 is 0 Å². The van der Waals surface area contributed by atoms with Gasteiger partial charge in [-0.25, -0.2) is 4.79 Å². The molecule has 4 heteroatoms. The molecule has 1 N–H and O–H groups in total. The maximum absolute atomic E-state index is 11.8. The Morgan fingerprint density at radius 2 is 2.11 bits per heavy atom. The topological polar surface area (TPSA) is 59.3 Å². The first-order valence-corrected chi connectivity index (χ1v) is 5.16. The fourth-order valence-electron chi connectivity index (χ4n) is 1.38. The van der Waals surface area contributed by atoms with E-state index in [-0.39, 0.29) is 11.5 Å². The van der Waals surface area contributed by atoms with Crippen molar-refractivity contribution in [3.05, 3.63) is 64.2 Å². The summed E-state index contributed by atoms with van der Waals surface area (Å²) < 4.78 is 4.61. The van der Waals surface area contributed by atoms with Crippen molar-refractivity contribution in [2.45, 2.75) is 0 Å². The Morgan fingerprint density at radius 3 is 2.78 bits per heavy atom. The van der Waals surface area contributed by atoms with E-state index in [2.05, 4.69) is 15.7 Å². The summed E-state index contributed by atoms with van der Waals surface area (Å²) >= 11 is 0. The molecule has 1 aromatic heterocycles. The minimum atomic E-state index is -0.499. The molecule has 0 bridgehead atoms. The summed E-state index contributed by atoms with van der Waals surface area (Å²) in [5, 5.41) is 2.66. The molecule has 0 saturated carbocycles. The van der Waals surface area contributed by atoms with Gasteiger partial charge in [-0.1, -0.05) is 12.0 Å². The van der Waals surface area contributed by atoms with Crippen LogP contribution in [0.2, 0.25) is 0 Å². The SMILES string of the molecule is C#Cc1cccc(NC(=O)c2ccc(=O)oc2)c1. The minimum absolute atomic E-state index is 0.265. The van der Waals surface area contributed by atoms with E-state index in [0.717, 1.165) is 6.26 Å². The quantitative estimate of drug-likeness (QED) is 0.814. The molecule has 1 heterocycles. The molecule has 0 saturated heterocycles. The second-order valence-electron chi connectivity index (χ2n) is 3.52. The van der Waals surface area contributed by atoms with Gasteiger partial charge in [0.15, 0.2) is 0 Å². The van der Waals surface area contributed by atoms with E-state index in [9.17, 15) is 9.59 Å². The summed E-state index contributed by atoms with van der Waals surface area (Å²) in [4.78, 5) is 22.6. The van der Waals surface area contributed by atoms with Gasteiger partial charge in [-0.3, -0.25) is 4.79 Å². The van der Waals surface area contributed by atoms with Crippen LogP contribution in [0.1, 0.15) is 15.9 Å². The first kappa shape index (κ1) is 11.7. The first-order chi connectivity index (χ1) is 8.69. The lowest BCUT2D eigenvalue weighted by atomic mass is 10.2. The number of hydrogen-bond acceptors (Lipinski definition) is 3.